The van der Waals surface area contributed by atoms with Crippen LogP contribution in [0.25, 0.3) is 0 Å². The Morgan fingerprint density at radius 1 is 1.43 bits per heavy atom. The molecule has 2 amide bonds. The van der Waals surface area contributed by atoms with Crippen molar-refractivity contribution in [2.75, 3.05) is 13.2 Å². The Bertz CT molecular complexity index is 811. The second-order valence-corrected chi connectivity index (χ2v) is 10.2. The molecular weight excluding hydrogens is 476 g/mol. The average molecular weight is 503 g/mol. The molecule has 1 aliphatic heterocycles. The van der Waals surface area contributed by atoms with Gasteiger partial charge in [0.15, 0.2) is 0 Å². The van der Waals surface area contributed by atoms with Crippen LogP contribution < -0.4 is 10.7 Å². The third-order valence-corrected chi connectivity index (χ3v) is 6.40. The molecule has 0 aromatic carbocycles. The molecule has 0 bridgehead atoms. The molecule has 9 nitrogen and oxygen atoms in total. The highest BCUT2D eigenvalue weighted by atomic mass is 79.9. The van der Waals surface area contributed by atoms with Gasteiger partial charge in [0.05, 0.1) is 11.6 Å². The molecule has 1 saturated carbocycles. The summed E-state index contributed by atoms with van der Waals surface area (Å²) >= 11 is 4.69. The van der Waals surface area contributed by atoms with E-state index >= 15 is 0 Å². The normalized spacial score (nSPS) is 23.9. The number of carbonyl (C=O) groups excluding carboxylic acids is 3. The van der Waals surface area contributed by atoms with Gasteiger partial charge in [-0.15, -0.1) is 11.3 Å². The van der Waals surface area contributed by atoms with E-state index in [0.29, 0.717) is 16.2 Å². The first-order valence-corrected chi connectivity index (χ1v) is 11.6. The molecule has 30 heavy (non-hydrogen) atoms. The van der Waals surface area contributed by atoms with E-state index in [1.54, 1.807) is 27.7 Å². The van der Waals surface area contributed by atoms with Gasteiger partial charge < -0.3 is 14.8 Å². The van der Waals surface area contributed by atoms with Crippen molar-refractivity contribution < 1.29 is 23.9 Å². The van der Waals surface area contributed by atoms with Gasteiger partial charge in [-0.1, -0.05) is 0 Å². The van der Waals surface area contributed by atoms with Gasteiger partial charge >= 0.3 is 12.1 Å². The van der Waals surface area contributed by atoms with E-state index in [2.05, 4.69) is 31.7 Å². The molecule has 2 aliphatic rings. The number of rotatable bonds is 6. The number of nitrogens with one attached hydrogen (secondary N) is 2. The van der Waals surface area contributed by atoms with Gasteiger partial charge in [0.1, 0.15) is 22.3 Å². The first-order valence-electron chi connectivity index (χ1n) is 9.91. The van der Waals surface area contributed by atoms with Crippen molar-refractivity contribution >= 4 is 45.2 Å². The van der Waals surface area contributed by atoms with Gasteiger partial charge in [-0.05, 0) is 61.9 Å². The molecule has 3 rings (SSSR count). The fourth-order valence-corrected chi connectivity index (χ4v) is 4.76. The summed E-state index contributed by atoms with van der Waals surface area (Å²) in [6.45, 7) is 7.78. The summed E-state index contributed by atoms with van der Waals surface area (Å²) < 4.78 is 11.1. The molecule has 0 spiro atoms. The summed E-state index contributed by atoms with van der Waals surface area (Å²) in [7, 11) is 0. The lowest BCUT2D eigenvalue weighted by molar-refractivity contribution is -0.152. The SMILES string of the molecule is CCOC(=O)[C@H]1NN(C(=O)[C@H](Cc2nc(Br)cs2)NC(=O)OC(C)(C)C)CC2CC21. The van der Waals surface area contributed by atoms with E-state index in [0.717, 1.165) is 6.42 Å². The minimum atomic E-state index is -0.886. The zero-order valence-electron chi connectivity index (χ0n) is 17.4. The molecule has 2 unspecified atom stereocenters. The highest BCUT2D eigenvalue weighted by molar-refractivity contribution is 9.10. The van der Waals surface area contributed by atoms with Crippen molar-refractivity contribution in [3.63, 3.8) is 0 Å². The van der Waals surface area contributed by atoms with Crippen molar-refractivity contribution in [1.29, 1.82) is 0 Å². The average Bonchev–Trinajstić information content (AvgIpc) is 3.32. The van der Waals surface area contributed by atoms with Gasteiger partial charge in [0.25, 0.3) is 5.91 Å². The number of ether oxygens (including phenoxy) is 2. The van der Waals surface area contributed by atoms with Gasteiger partial charge in [-0.2, -0.15) is 0 Å². The highest BCUT2D eigenvalue weighted by Crippen LogP contribution is 2.44. The zero-order valence-corrected chi connectivity index (χ0v) is 19.8. The molecule has 1 aliphatic carbocycles. The van der Waals surface area contributed by atoms with Crippen molar-refractivity contribution in [3.05, 3.63) is 15.0 Å². The second-order valence-electron chi connectivity index (χ2n) is 8.43. The Morgan fingerprint density at radius 2 is 2.17 bits per heavy atom. The Hall–Kier alpha value is -1.72. The maximum absolute atomic E-state index is 13.3. The lowest BCUT2D eigenvalue weighted by atomic mass is 10.1. The molecule has 2 fully saturated rings. The van der Waals surface area contributed by atoms with Crippen LogP contribution in [-0.2, 0) is 25.5 Å². The molecular formula is C19H27BrN4O5S. The van der Waals surface area contributed by atoms with E-state index in [1.807, 2.05) is 5.38 Å². The highest BCUT2D eigenvalue weighted by Gasteiger charge is 2.53. The number of carbonyl (C=O) groups is 3. The molecule has 2 heterocycles. The summed E-state index contributed by atoms with van der Waals surface area (Å²) in [5.74, 6) is -0.268. The van der Waals surface area contributed by atoms with Crippen molar-refractivity contribution in [1.82, 2.24) is 20.7 Å². The zero-order chi connectivity index (χ0) is 22.1. The summed E-state index contributed by atoms with van der Waals surface area (Å²) in [4.78, 5) is 42.3. The Morgan fingerprint density at radius 3 is 2.77 bits per heavy atom. The maximum Gasteiger partial charge on any atom is 0.408 e. The first-order chi connectivity index (χ1) is 14.1. The molecule has 1 aromatic heterocycles. The third kappa shape index (κ3) is 5.92. The number of halogens is 1. The smallest absolute Gasteiger partial charge is 0.408 e. The standard InChI is InChI=1S/C19H27BrN4O5S/c1-5-28-17(26)15-11-6-10(11)8-24(23-15)16(25)12(7-14-22-13(20)9-30-14)21-18(27)29-19(2,3)4/h9-12,15,23H,5-8H2,1-4H3,(H,21,27)/t10?,11?,12-,15-/m0/s1. The van der Waals surface area contributed by atoms with Crippen LogP contribution in [0.3, 0.4) is 0 Å². The van der Waals surface area contributed by atoms with E-state index in [1.165, 1.54) is 16.3 Å². The molecule has 4 atom stereocenters. The van der Waals surface area contributed by atoms with Crippen molar-refractivity contribution in [2.24, 2.45) is 11.8 Å². The third-order valence-electron chi connectivity index (χ3n) is 4.82. The summed E-state index contributed by atoms with van der Waals surface area (Å²) in [6.07, 6.45) is 0.397. The number of hydrogen-bond acceptors (Lipinski definition) is 8. The summed E-state index contributed by atoms with van der Waals surface area (Å²) in [5, 5.41) is 6.61. The number of nitrogens with zero attached hydrogens (tertiary/aromatic N) is 2. The largest absolute Gasteiger partial charge is 0.465 e. The minimum absolute atomic E-state index is 0.181. The van der Waals surface area contributed by atoms with E-state index < -0.39 is 23.8 Å². The van der Waals surface area contributed by atoms with Crippen LogP contribution in [-0.4, -0.2) is 58.8 Å². The van der Waals surface area contributed by atoms with E-state index in [-0.39, 0.29) is 36.7 Å². The van der Waals surface area contributed by atoms with Gasteiger partial charge in [-0.3, -0.25) is 14.6 Å². The Labute approximate surface area is 188 Å². The van der Waals surface area contributed by atoms with Crippen LogP contribution in [0.15, 0.2) is 9.98 Å². The topological polar surface area (TPSA) is 110 Å². The van der Waals surface area contributed by atoms with Crippen LogP contribution in [0, 0.1) is 11.8 Å². The Kier molecular flexibility index (Phi) is 7.03. The maximum atomic E-state index is 13.3. The van der Waals surface area contributed by atoms with Crippen molar-refractivity contribution in [3.8, 4) is 0 Å². The Balaban J connectivity index is 1.73. The van der Waals surface area contributed by atoms with Crippen LogP contribution in [0.4, 0.5) is 4.79 Å². The first kappa shape index (κ1) is 23.0. The molecule has 1 saturated heterocycles. The van der Waals surface area contributed by atoms with Crippen molar-refractivity contribution in [2.45, 2.75) is 58.2 Å². The predicted molar refractivity (Wildman–Crippen MR) is 114 cm³/mol. The molecule has 1 aromatic rings. The van der Waals surface area contributed by atoms with E-state index in [4.69, 9.17) is 9.47 Å². The lowest BCUT2D eigenvalue weighted by Crippen LogP contribution is -2.61. The van der Waals surface area contributed by atoms with Crippen LogP contribution in [0.5, 0.6) is 0 Å². The quantitative estimate of drug-likeness (QED) is 0.573. The number of aromatic nitrogens is 1. The van der Waals surface area contributed by atoms with Crippen LogP contribution in [0.2, 0.25) is 0 Å². The number of hydrazine groups is 1. The van der Waals surface area contributed by atoms with Crippen LogP contribution in [0.1, 0.15) is 39.1 Å². The lowest BCUT2D eigenvalue weighted by Gasteiger charge is -2.34. The number of amides is 2. The predicted octanol–water partition coefficient (Wildman–Crippen LogP) is 2.26. The molecule has 0 radical (unpaired) electrons. The monoisotopic (exact) mass is 502 g/mol. The second kappa shape index (κ2) is 9.19. The van der Waals surface area contributed by atoms with Crippen LogP contribution >= 0.6 is 27.3 Å². The number of thiazole rings is 1. The number of fused-ring (bicyclic) bond motifs is 1. The minimum Gasteiger partial charge on any atom is -0.465 e. The number of alkyl carbamates (subject to hydrolysis) is 1. The van der Waals surface area contributed by atoms with Gasteiger partial charge in [0, 0.05) is 18.3 Å². The molecule has 166 valence electrons. The molecule has 2 N–H and O–H groups in total. The van der Waals surface area contributed by atoms with Gasteiger partial charge in [-0.25, -0.2) is 15.2 Å². The fourth-order valence-electron chi connectivity index (χ4n) is 3.45. The number of hydrogen-bond donors (Lipinski definition) is 2. The van der Waals surface area contributed by atoms with Gasteiger partial charge in [0.2, 0.25) is 0 Å². The fraction of sp³-hybridized carbons (Fsp3) is 0.684. The summed E-state index contributed by atoms with van der Waals surface area (Å²) in [6, 6.07) is -1.44. The summed E-state index contributed by atoms with van der Waals surface area (Å²) in [5.41, 5.74) is 2.32. The molecule has 11 heteroatoms. The van der Waals surface area contributed by atoms with E-state index in [9.17, 15) is 14.4 Å². The number of esters is 1.